The number of alkyl halides is 3. The molecule has 29 heavy (non-hydrogen) atoms. The number of rotatable bonds is 4. The van der Waals surface area contributed by atoms with Gasteiger partial charge in [0, 0.05) is 23.4 Å². The number of hydrogen-bond donors (Lipinski definition) is 1. The van der Waals surface area contributed by atoms with Crippen LogP contribution >= 0.6 is 0 Å². The summed E-state index contributed by atoms with van der Waals surface area (Å²) in [5, 5.41) is 0.853. The standard InChI is InChI=1S/C21H14F3N3O2/c22-21(23,24)15-4-1-12(2-5-15)9-17(28)16-11-19(25)27-20(26-16)14-3-6-18-13(10-14)7-8-29-18/h1-8,10-11H,9H2,(H2,25,26,27). The van der Waals surface area contributed by atoms with E-state index in [0.717, 1.165) is 17.5 Å². The van der Waals surface area contributed by atoms with Crippen LogP contribution in [0.5, 0.6) is 0 Å². The molecule has 4 rings (SSSR count). The van der Waals surface area contributed by atoms with Gasteiger partial charge in [0.05, 0.1) is 11.8 Å². The number of fused-ring (bicyclic) bond motifs is 1. The van der Waals surface area contributed by atoms with Gasteiger partial charge >= 0.3 is 6.18 Å². The van der Waals surface area contributed by atoms with E-state index >= 15 is 0 Å². The fourth-order valence-corrected chi connectivity index (χ4v) is 2.93. The topological polar surface area (TPSA) is 82.0 Å². The van der Waals surface area contributed by atoms with Crippen LogP contribution in [0.15, 0.2) is 65.3 Å². The van der Waals surface area contributed by atoms with Crippen molar-refractivity contribution < 1.29 is 22.4 Å². The summed E-state index contributed by atoms with van der Waals surface area (Å²) in [5.74, 6) is 0.0337. The first-order chi connectivity index (χ1) is 13.8. The van der Waals surface area contributed by atoms with Crippen molar-refractivity contribution in [2.45, 2.75) is 12.6 Å². The van der Waals surface area contributed by atoms with Crippen LogP contribution < -0.4 is 5.73 Å². The molecule has 0 atom stereocenters. The van der Waals surface area contributed by atoms with Crippen LogP contribution in [0.3, 0.4) is 0 Å². The van der Waals surface area contributed by atoms with Gasteiger partial charge in [-0.15, -0.1) is 0 Å². The minimum atomic E-state index is -4.42. The Morgan fingerprint density at radius 2 is 1.76 bits per heavy atom. The molecule has 0 amide bonds. The number of benzene rings is 2. The third-order valence-corrected chi connectivity index (χ3v) is 4.39. The minimum Gasteiger partial charge on any atom is -0.464 e. The molecule has 5 nitrogen and oxygen atoms in total. The maximum Gasteiger partial charge on any atom is 0.416 e. The van der Waals surface area contributed by atoms with Gasteiger partial charge in [0.25, 0.3) is 0 Å². The molecule has 2 N–H and O–H groups in total. The van der Waals surface area contributed by atoms with Crippen molar-refractivity contribution >= 4 is 22.6 Å². The van der Waals surface area contributed by atoms with Crippen molar-refractivity contribution in [3.05, 3.63) is 77.7 Å². The lowest BCUT2D eigenvalue weighted by Gasteiger charge is -2.08. The van der Waals surface area contributed by atoms with Crippen LogP contribution in [-0.2, 0) is 12.6 Å². The number of aromatic nitrogens is 2. The molecular weight excluding hydrogens is 383 g/mol. The van der Waals surface area contributed by atoms with Gasteiger partial charge in [-0.3, -0.25) is 4.79 Å². The van der Waals surface area contributed by atoms with Gasteiger partial charge in [-0.25, -0.2) is 9.97 Å². The van der Waals surface area contributed by atoms with Gasteiger partial charge in [0.1, 0.15) is 17.1 Å². The maximum absolute atomic E-state index is 12.7. The van der Waals surface area contributed by atoms with E-state index in [-0.39, 0.29) is 29.5 Å². The molecule has 0 aliphatic carbocycles. The van der Waals surface area contributed by atoms with Crippen LogP contribution in [0, 0.1) is 0 Å². The molecule has 146 valence electrons. The molecule has 0 saturated carbocycles. The number of Topliss-reactive ketones (excluding diaryl/α,β-unsaturated/α-hetero) is 1. The molecule has 0 spiro atoms. The largest absolute Gasteiger partial charge is 0.464 e. The Balaban J connectivity index is 1.60. The van der Waals surface area contributed by atoms with Gasteiger partial charge in [0.15, 0.2) is 11.6 Å². The summed E-state index contributed by atoms with van der Waals surface area (Å²) in [4.78, 5) is 21.1. The van der Waals surface area contributed by atoms with Crippen molar-refractivity contribution in [3.63, 3.8) is 0 Å². The average Bonchev–Trinajstić information content (AvgIpc) is 3.15. The summed E-state index contributed by atoms with van der Waals surface area (Å²) in [6.07, 6.45) is -2.96. The highest BCUT2D eigenvalue weighted by Gasteiger charge is 2.30. The Morgan fingerprint density at radius 1 is 1.00 bits per heavy atom. The maximum atomic E-state index is 12.7. The first-order valence-corrected chi connectivity index (χ1v) is 8.61. The van der Waals surface area contributed by atoms with E-state index in [0.29, 0.717) is 16.7 Å². The Morgan fingerprint density at radius 3 is 2.48 bits per heavy atom. The number of nitrogen functional groups attached to an aromatic ring is 1. The molecule has 0 saturated heterocycles. The highest BCUT2D eigenvalue weighted by molar-refractivity contribution is 5.96. The van der Waals surface area contributed by atoms with Crippen molar-refractivity contribution in [1.29, 1.82) is 0 Å². The number of ketones is 1. The zero-order valence-corrected chi connectivity index (χ0v) is 14.9. The molecule has 0 unspecified atom stereocenters. The second-order valence-corrected chi connectivity index (χ2v) is 6.47. The summed E-state index contributed by atoms with van der Waals surface area (Å²) >= 11 is 0. The molecule has 0 aliphatic rings. The smallest absolute Gasteiger partial charge is 0.416 e. The van der Waals surface area contributed by atoms with E-state index < -0.39 is 11.7 Å². The SMILES string of the molecule is Nc1cc(C(=O)Cc2ccc(C(F)(F)F)cc2)nc(-c2ccc3occc3c2)n1. The Labute approximate surface area is 163 Å². The summed E-state index contributed by atoms with van der Waals surface area (Å²) in [6.45, 7) is 0. The van der Waals surface area contributed by atoms with Crippen LogP contribution in [0.1, 0.15) is 21.6 Å². The summed E-state index contributed by atoms with van der Waals surface area (Å²) < 4.78 is 43.3. The normalized spacial score (nSPS) is 11.7. The predicted molar refractivity (Wildman–Crippen MR) is 101 cm³/mol. The quantitative estimate of drug-likeness (QED) is 0.495. The third-order valence-electron chi connectivity index (χ3n) is 4.39. The van der Waals surface area contributed by atoms with E-state index in [1.165, 1.54) is 18.2 Å². The van der Waals surface area contributed by atoms with Gasteiger partial charge in [0.2, 0.25) is 0 Å². The highest BCUT2D eigenvalue weighted by atomic mass is 19.4. The van der Waals surface area contributed by atoms with Gasteiger partial charge in [-0.1, -0.05) is 12.1 Å². The molecule has 2 aromatic heterocycles. The van der Waals surface area contributed by atoms with Crippen molar-refractivity contribution in [2.75, 3.05) is 5.73 Å². The number of furan rings is 1. The number of carbonyl (C=O) groups excluding carboxylic acids is 1. The van der Waals surface area contributed by atoms with Gasteiger partial charge in [-0.05, 0) is 42.0 Å². The summed E-state index contributed by atoms with van der Waals surface area (Å²) in [7, 11) is 0. The van der Waals surface area contributed by atoms with Gasteiger partial charge in [-0.2, -0.15) is 13.2 Å². The van der Waals surface area contributed by atoms with Crippen molar-refractivity contribution in [3.8, 4) is 11.4 Å². The number of anilines is 1. The van der Waals surface area contributed by atoms with Crippen molar-refractivity contribution in [2.24, 2.45) is 0 Å². The van der Waals surface area contributed by atoms with E-state index in [1.807, 2.05) is 6.07 Å². The van der Waals surface area contributed by atoms with Crippen LogP contribution in [0.2, 0.25) is 0 Å². The predicted octanol–water partition coefficient (Wildman–Crippen LogP) is 4.92. The average molecular weight is 397 g/mol. The van der Waals surface area contributed by atoms with E-state index in [1.54, 1.807) is 24.5 Å². The molecule has 0 radical (unpaired) electrons. The third kappa shape index (κ3) is 3.96. The first kappa shape index (κ1) is 18.7. The second kappa shape index (κ2) is 7.05. The van der Waals surface area contributed by atoms with Crippen molar-refractivity contribution in [1.82, 2.24) is 9.97 Å². The number of hydrogen-bond acceptors (Lipinski definition) is 5. The number of halogens is 3. The minimum absolute atomic E-state index is 0.0969. The van der Waals surface area contributed by atoms with E-state index in [9.17, 15) is 18.0 Å². The summed E-state index contributed by atoms with van der Waals surface area (Å²) in [5.41, 5.74) is 6.98. The molecule has 2 heterocycles. The van der Waals surface area contributed by atoms with Crippen LogP contribution in [-0.4, -0.2) is 15.8 Å². The second-order valence-electron chi connectivity index (χ2n) is 6.47. The monoisotopic (exact) mass is 397 g/mol. The zero-order valence-electron chi connectivity index (χ0n) is 14.9. The molecule has 0 aliphatic heterocycles. The molecule has 0 fully saturated rings. The lowest BCUT2D eigenvalue weighted by molar-refractivity contribution is -0.137. The molecule has 0 bridgehead atoms. The molecule has 8 heteroatoms. The Kier molecular flexibility index (Phi) is 4.54. The molecule has 2 aromatic carbocycles. The lowest BCUT2D eigenvalue weighted by atomic mass is 10.0. The first-order valence-electron chi connectivity index (χ1n) is 8.61. The highest BCUT2D eigenvalue weighted by Crippen LogP contribution is 2.29. The molecule has 4 aromatic rings. The van der Waals surface area contributed by atoms with Crippen LogP contribution in [0.25, 0.3) is 22.4 Å². The van der Waals surface area contributed by atoms with E-state index in [4.69, 9.17) is 10.2 Å². The summed E-state index contributed by atoms with van der Waals surface area (Å²) in [6, 6.07) is 12.9. The van der Waals surface area contributed by atoms with Gasteiger partial charge < -0.3 is 10.2 Å². The Bertz CT molecular complexity index is 1200. The lowest BCUT2D eigenvalue weighted by Crippen LogP contribution is -2.10. The zero-order chi connectivity index (χ0) is 20.6. The van der Waals surface area contributed by atoms with Crippen LogP contribution in [0.4, 0.5) is 19.0 Å². The number of nitrogens with two attached hydrogens (primary N) is 1. The molecular formula is C21H14F3N3O2. The fourth-order valence-electron chi connectivity index (χ4n) is 2.93. The number of nitrogens with zero attached hydrogens (tertiary/aromatic N) is 2. The number of carbonyl (C=O) groups is 1. The Hall–Kier alpha value is -3.68. The van der Waals surface area contributed by atoms with E-state index in [2.05, 4.69) is 9.97 Å². The fraction of sp³-hybridized carbons (Fsp3) is 0.0952.